The fraction of sp³-hybridized carbons (Fsp3) is 0.192. The number of nitro benzene ring substituents is 1. The van der Waals surface area contributed by atoms with Gasteiger partial charge in [-0.15, -0.1) is 0 Å². The number of carboxylic acid groups (broad SMARTS) is 1. The zero-order chi connectivity index (χ0) is 27.1. The fourth-order valence-electron chi connectivity index (χ4n) is 4.82. The van der Waals surface area contributed by atoms with Crippen molar-refractivity contribution in [3.63, 3.8) is 0 Å². The third-order valence-corrected chi connectivity index (χ3v) is 6.55. The lowest BCUT2D eigenvalue weighted by Gasteiger charge is -2.29. The van der Waals surface area contributed by atoms with Gasteiger partial charge in [-0.2, -0.15) is 0 Å². The molecule has 5 rings (SSSR count). The summed E-state index contributed by atoms with van der Waals surface area (Å²) in [7, 11) is 2.72. The van der Waals surface area contributed by atoms with Crippen molar-refractivity contribution in [2.45, 2.75) is 12.1 Å². The van der Waals surface area contributed by atoms with E-state index < -0.39 is 40.8 Å². The predicted octanol–water partition coefficient (Wildman–Crippen LogP) is 3.36. The molecule has 3 aromatic rings. The highest BCUT2D eigenvalue weighted by molar-refractivity contribution is 6.24. The topological polar surface area (TPSA) is 149 Å². The maximum Gasteiger partial charge on any atom is 0.335 e. The first-order valence-electron chi connectivity index (χ1n) is 11.4. The molecule has 0 saturated carbocycles. The molecule has 0 spiro atoms. The summed E-state index contributed by atoms with van der Waals surface area (Å²) < 4.78 is 10.6. The number of rotatable bonds is 7. The van der Waals surface area contributed by atoms with Crippen LogP contribution in [0.25, 0.3) is 0 Å². The van der Waals surface area contributed by atoms with Gasteiger partial charge < -0.3 is 14.6 Å². The number of carbonyl (C=O) groups is 3. The number of para-hydroxylation sites is 1. The Kier molecular flexibility index (Phi) is 6.17. The third kappa shape index (κ3) is 3.87. The number of nitrogens with zero attached hydrogens (tertiary/aromatic N) is 3. The molecular weight excluding hydrogens is 498 g/mol. The molecule has 2 heterocycles. The number of ether oxygens (including phenoxy) is 2. The van der Waals surface area contributed by atoms with E-state index >= 15 is 0 Å². The summed E-state index contributed by atoms with van der Waals surface area (Å²) >= 11 is 0. The zero-order valence-corrected chi connectivity index (χ0v) is 20.1. The van der Waals surface area contributed by atoms with Crippen LogP contribution in [0, 0.1) is 16.0 Å². The fourth-order valence-corrected chi connectivity index (χ4v) is 4.82. The number of nitro groups is 1. The minimum atomic E-state index is -1.28. The molecule has 2 aliphatic rings. The Labute approximate surface area is 215 Å². The molecule has 2 saturated heterocycles. The molecule has 2 aliphatic heterocycles. The number of amides is 2. The van der Waals surface area contributed by atoms with Gasteiger partial charge in [0.15, 0.2) is 17.6 Å². The molecule has 2 fully saturated rings. The monoisotopic (exact) mass is 519 g/mol. The standard InChI is InChI=1S/C26H21N3O9/c1-36-19-12-17(18(29(34)35)13-20(19)37-2)22-21-23(38-28(22)16-6-4-3-5-7-16)25(31)27(24(21)30)15-10-8-14(9-11-15)26(32)33/h3-13,21-23H,1-2H3,(H,32,33)/t21-,22+,23+/m0/s1. The van der Waals surface area contributed by atoms with Crippen LogP contribution in [0.4, 0.5) is 17.1 Å². The molecule has 3 aromatic carbocycles. The first-order chi connectivity index (χ1) is 18.3. The summed E-state index contributed by atoms with van der Waals surface area (Å²) in [4.78, 5) is 57.0. The summed E-state index contributed by atoms with van der Waals surface area (Å²) in [5.74, 6) is -3.31. The van der Waals surface area contributed by atoms with Crippen molar-refractivity contribution in [1.82, 2.24) is 0 Å². The van der Waals surface area contributed by atoms with Crippen molar-refractivity contribution in [2.24, 2.45) is 5.92 Å². The molecule has 0 radical (unpaired) electrons. The maximum absolute atomic E-state index is 13.8. The van der Waals surface area contributed by atoms with Crippen LogP contribution in [0.2, 0.25) is 0 Å². The summed E-state index contributed by atoms with van der Waals surface area (Å²) in [6, 6.07) is 15.4. The largest absolute Gasteiger partial charge is 0.493 e. The van der Waals surface area contributed by atoms with Gasteiger partial charge in [0.05, 0.1) is 47.7 Å². The summed E-state index contributed by atoms with van der Waals surface area (Å²) in [6.45, 7) is 0. The first kappa shape index (κ1) is 24.7. The van der Waals surface area contributed by atoms with Crippen molar-refractivity contribution in [2.75, 3.05) is 24.2 Å². The number of imide groups is 1. The van der Waals surface area contributed by atoms with Gasteiger partial charge in [0, 0.05) is 0 Å². The Bertz CT molecular complexity index is 1440. The van der Waals surface area contributed by atoms with E-state index in [4.69, 9.17) is 14.3 Å². The maximum atomic E-state index is 13.8. The van der Waals surface area contributed by atoms with Gasteiger partial charge in [-0.25, -0.2) is 14.8 Å². The normalized spacial score (nSPS) is 20.4. The smallest absolute Gasteiger partial charge is 0.335 e. The van der Waals surface area contributed by atoms with Crippen LogP contribution in [0.5, 0.6) is 11.5 Å². The Hall–Kier alpha value is -4.97. The van der Waals surface area contributed by atoms with E-state index in [-0.39, 0.29) is 34.0 Å². The van der Waals surface area contributed by atoms with E-state index in [1.807, 2.05) is 0 Å². The van der Waals surface area contributed by atoms with Crippen LogP contribution < -0.4 is 19.4 Å². The minimum Gasteiger partial charge on any atom is -0.493 e. The Morgan fingerprint density at radius 1 is 0.947 bits per heavy atom. The van der Waals surface area contributed by atoms with E-state index in [1.165, 1.54) is 55.7 Å². The average Bonchev–Trinajstić information content (AvgIpc) is 3.43. The van der Waals surface area contributed by atoms with Gasteiger partial charge >= 0.3 is 5.97 Å². The second-order valence-electron chi connectivity index (χ2n) is 8.55. The lowest BCUT2D eigenvalue weighted by atomic mass is 9.89. The van der Waals surface area contributed by atoms with Crippen molar-refractivity contribution in [3.05, 3.63) is 88.0 Å². The number of methoxy groups -OCH3 is 2. The van der Waals surface area contributed by atoms with Crippen LogP contribution in [-0.2, 0) is 14.4 Å². The molecule has 38 heavy (non-hydrogen) atoms. The molecule has 3 atom stereocenters. The molecule has 1 N–H and O–H groups in total. The highest BCUT2D eigenvalue weighted by Gasteiger charge is 2.61. The van der Waals surface area contributed by atoms with Crippen LogP contribution >= 0.6 is 0 Å². The zero-order valence-electron chi connectivity index (χ0n) is 20.1. The number of anilines is 2. The molecule has 2 amide bonds. The SMILES string of the molecule is COc1cc([C@@H]2[C@@H]3C(=O)N(c4ccc(C(=O)O)cc4)C(=O)[C@@H]3ON2c2ccccc2)c([N+](=O)[O-])cc1OC. The predicted molar refractivity (Wildman–Crippen MR) is 132 cm³/mol. The Balaban J connectivity index is 1.65. The van der Waals surface area contributed by atoms with Gasteiger partial charge in [-0.1, -0.05) is 18.2 Å². The molecule has 12 nitrogen and oxygen atoms in total. The summed E-state index contributed by atoms with van der Waals surface area (Å²) in [6.07, 6.45) is -1.28. The Morgan fingerprint density at radius 3 is 2.16 bits per heavy atom. The molecule has 0 bridgehead atoms. The van der Waals surface area contributed by atoms with Gasteiger partial charge in [-0.3, -0.25) is 24.5 Å². The second kappa shape index (κ2) is 9.48. The van der Waals surface area contributed by atoms with Gasteiger partial charge in [0.2, 0.25) is 5.91 Å². The van der Waals surface area contributed by atoms with E-state index in [1.54, 1.807) is 30.3 Å². The first-order valence-corrected chi connectivity index (χ1v) is 11.4. The van der Waals surface area contributed by atoms with Gasteiger partial charge in [-0.05, 0) is 42.5 Å². The lowest BCUT2D eigenvalue weighted by Crippen LogP contribution is -2.37. The number of carbonyl (C=O) groups excluding carboxylic acids is 2. The molecular formula is C26H21N3O9. The van der Waals surface area contributed by atoms with Crippen molar-refractivity contribution < 1.29 is 38.7 Å². The quantitative estimate of drug-likeness (QED) is 0.280. The van der Waals surface area contributed by atoms with Crippen molar-refractivity contribution in [3.8, 4) is 11.5 Å². The molecule has 0 aromatic heterocycles. The van der Waals surface area contributed by atoms with E-state index in [2.05, 4.69) is 0 Å². The third-order valence-electron chi connectivity index (χ3n) is 6.55. The number of carboxylic acids is 1. The highest BCUT2D eigenvalue weighted by atomic mass is 16.7. The number of aromatic carboxylic acids is 1. The molecule has 0 aliphatic carbocycles. The van der Waals surface area contributed by atoms with Crippen molar-refractivity contribution in [1.29, 1.82) is 0 Å². The average molecular weight is 519 g/mol. The van der Waals surface area contributed by atoms with Crippen LogP contribution in [0.3, 0.4) is 0 Å². The second-order valence-corrected chi connectivity index (χ2v) is 8.55. The highest BCUT2D eigenvalue weighted by Crippen LogP contribution is 2.51. The molecule has 12 heteroatoms. The lowest BCUT2D eigenvalue weighted by molar-refractivity contribution is -0.385. The number of hydrogen-bond donors (Lipinski definition) is 1. The van der Waals surface area contributed by atoms with Crippen LogP contribution in [-0.4, -0.2) is 48.1 Å². The number of hydrogen-bond acceptors (Lipinski definition) is 9. The summed E-state index contributed by atoms with van der Waals surface area (Å²) in [5.41, 5.74) is 0.373. The number of benzene rings is 3. The van der Waals surface area contributed by atoms with Gasteiger partial charge in [0.25, 0.3) is 11.6 Å². The molecule has 0 unspecified atom stereocenters. The van der Waals surface area contributed by atoms with Crippen LogP contribution in [0.15, 0.2) is 66.7 Å². The van der Waals surface area contributed by atoms with E-state index in [0.29, 0.717) is 5.69 Å². The Morgan fingerprint density at radius 2 is 1.58 bits per heavy atom. The number of fused-ring (bicyclic) bond motifs is 1. The minimum absolute atomic E-state index is 0.0154. The summed E-state index contributed by atoms with van der Waals surface area (Å²) in [5, 5.41) is 22.7. The number of hydroxylamine groups is 1. The molecule has 194 valence electrons. The van der Waals surface area contributed by atoms with Crippen molar-refractivity contribution >= 4 is 34.8 Å². The van der Waals surface area contributed by atoms with E-state index in [0.717, 1.165) is 4.90 Å². The van der Waals surface area contributed by atoms with Crippen LogP contribution in [0.1, 0.15) is 22.0 Å². The van der Waals surface area contributed by atoms with E-state index in [9.17, 15) is 29.6 Å². The van der Waals surface area contributed by atoms with Gasteiger partial charge in [0.1, 0.15) is 12.0 Å².